The Morgan fingerprint density at radius 3 is 2.64 bits per heavy atom. The molecule has 9 nitrogen and oxygen atoms in total. The Hall–Kier alpha value is -3.20. The Kier molecular flexibility index (Phi) is 5.50. The molecule has 0 saturated heterocycles. The van der Waals surface area contributed by atoms with Gasteiger partial charge in [-0.15, -0.1) is 0 Å². The fourth-order valence-corrected chi connectivity index (χ4v) is 1.75. The maximum Gasteiger partial charge on any atom is 0.412 e. The summed E-state index contributed by atoms with van der Waals surface area (Å²) in [5, 5.41) is 2.61. The first-order valence-corrected chi connectivity index (χ1v) is 7.39. The van der Waals surface area contributed by atoms with E-state index in [4.69, 9.17) is 15.3 Å². The van der Waals surface area contributed by atoms with Gasteiger partial charge in [-0.25, -0.2) is 15.6 Å². The number of amides is 2. The molecule has 0 atom stereocenters. The van der Waals surface area contributed by atoms with Crippen molar-refractivity contribution < 1.29 is 19.1 Å². The number of anilines is 1. The highest BCUT2D eigenvalue weighted by atomic mass is 16.6. The highest BCUT2D eigenvalue weighted by molar-refractivity contribution is 5.89. The number of aromatic nitrogens is 2. The molecule has 4 N–H and O–H groups in total. The monoisotopic (exact) mass is 345 g/mol. The van der Waals surface area contributed by atoms with E-state index in [0.717, 1.165) is 0 Å². The van der Waals surface area contributed by atoms with Crippen LogP contribution >= 0.6 is 0 Å². The molecule has 132 valence electrons. The van der Waals surface area contributed by atoms with E-state index < -0.39 is 17.6 Å². The minimum atomic E-state index is -0.634. The fraction of sp³-hybridized carbons (Fsp3) is 0.250. The highest BCUT2D eigenvalue weighted by Crippen LogP contribution is 2.23. The minimum Gasteiger partial charge on any atom is -0.444 e. The Morgan fingerprint density at radius 1 is 1.20 bits per heavy atom. The Labute approximate surface area is 144 Å². The van der Waals surface area contributed by atoms with Crippen molar-refractivity contribution in [2.45, 2.75) is 26.4 Å². The lowest BCUT2D eigenvalue weighted by Gasteiger charge is -2.19. The van der Waals surface area contributed by atoms with Crippen LogP contribution in [0.2, 0.25) is 0 Å². The SMILES string of the molecule is CC(C)(C)OC(=O)Nc1cccc(Oc2ccnc(C(=O)NN)n2)c1. The molecule has 0 bridgehead atoms. The average Bonchev–Trinajstić information content (AvgIpc) is 2.52. The first-order valence-electron chi connectivity index (χ1n) is 7.39. The molecule has 0 radical (unpaired) electrons. The van der Waals surface area contributed by atoms with Crippen molar-refractivity contribution in [3.05, 3.63) is 42.4 Å². The summed E-state index contributed by atoms with van der Waals surface area (Å²) in [6, 6.07) is 8.13. The van der Waals surface area contributed by atoms with Gasteiger partial charge in [0.05, 0.1) is 0 Å². The zero-order valence-electron chi connectivity index (χ0n) is 14.1. The van der Waals surface area contributed by atoms with Crippen molar-refractivity contribution in [1.82, 2.24) is 15.4 Å². The fourth-order valence-electron chi connectivity index (χ4n) is 1.75. The summed E-state index contributed by atoms with van der Waals surface area (Å²) in [6.07, 6.45) is 0.795. The van der Waals surface area contributed by atoms with Gasteiger partial charge >= 0.3 is 12.0 Å². The van der Waals surface area contributed by atoms with Gasteiger partial charge < -0.3 is 9.47 Å². The van der Waals surface area contributed by atoms with Crippen LogP contribution < -0.4 is 21.3 Å². The van der Waals surface area contributed by atoms with E-state index in [2.05, 4.69) is 15.3 Å². The van der Waals surface area contributed by atoms with Crippen LogP contribution in [0.25, 0.3) is 0 Å². The van der Waals surface area contributed by atoms with Gasteiger partial charge in [0.25, 0.3) is 0 Å². The zero-order chi connectivity index (χ0) is 18.4. The predicted molar refractivity (Wildman–Crippen MR) is 90.1 cm³/mol. The number of nitrogens with one attached hydrogen (secondary N) is 2. The van der Waals surface area contributed by atoms with E-state index in [9.17, 15) is 9.59 Å². The van der Waals surface area contributed by atoms with Crippen LogP contribution in [0.1, 0.15) is 31.4 Å². The molecule has 25 heavy (non-hydrogen) atoms. The van der Waals surface area contributed by atoms with E-state index in [0.29, 0.717) is 11.4 Å². The Balaban J connectivity index is 2.09. The van der Waals surface area contributed by atoms with Crippen LogP contribution in [-0.4, -0.2) is 27.6 Å². The standard InChI is InChI=1S/C16H19N5O4/c1-16(2,3)25-15(23)19-10-5-4-6-11(9-10)24-12-7-8-18-13(20-12)14(22)21-17/h4-9H,17H2,1-3H3,(H,19,23)(H,21,22). The number of nitrogens with zero attached hydrogens (tertiary/aromatic N) is 2. The molecular formula is C16H19N5O4. The third-order valence-electron chi connectivity index (χ3n) is 2.67. The second-order valence-corrected chi connectivity index (χ2v) is 5.95. The summed E-state index contributed by atoms with van der Waals surface area (Å²) in [7, 11) is 0. The predicted octanol–water partition coefficient (Wildman–Crippen LogP) is 2.22. The molecule has 0 unspecified atom stereocenters. The van der Waals surface area contributed by atoms with Crippen LogP contribution in [0.4, 0.5) is 10.5 Å². The molecule has 1 aromatic heterocycles. The lowest BCUT2D eigenvalue weighted by Crippen LogP contribution is -2.31. The van der Waals surface area contributed by atoms with E-state index >= 15 is 0 Å². The van der Waals surface area contributed by atoms with E-state index in [1.54, 1.807) is 45.0 Å². The summed E-state index contributed by atoms with van der Waals surface area (Å²) in [6.45, 7) is 5.32. The molecule has 1 heterocycles. The summed E-state index contributed by atoms with van der Waals surface area (Å²) in [5.41, 5.74) is 1.83. The maximum atomic E-state index is 11.8. The molecule has 2 rings (SSSR count). The second kappa shape index (κ2) is 7.58. The van der Waals surface area contributed by atoms with Gasteiger partial charge in [0.2, 0.25) is 11.7 Å². The van der Waals surface area contributed by atoms with Crippen molar-refractivity contribution >= 4 is 17.7 Å². The first kappa shape index (κ1) is 18.1. The summed E-state index contributed by atoms with van der Waals surface area (Å²) in [5.74, 6) is 4.85. The number of nitrogens with two attached hydrogens (primary N) is 1. The van der Waals surface area contributed by atoms with E-state index in [1.807, 2.05) is 5.43 Å². The Bertz CT molecular complexity index is 773. The molecule has 2 amide bonds. The number of hydrogen-bond acceptors (Lipinski definition) is 7. The molecule has 1 aromatic carbocycles. The Morgan fingerprint density at radius 2 is 1.96 bits per heavy atom. The molecule has 9 heteroatoms. The quantitative estimate of drug-likeness (QED) is 0.440. The largest absolute Gasteiger partial charge is 0.444 e. The molecule has 0 saturated carbocycles. The first-order chi connectivity index (χ1) is 11.8. The minimum absolute atomic E-state index is 0.122. The summed E-state index contributed by atoms with van der Waals surface area (Å²) in [4.78, 5) is 31.0. The highest BCUT2D eigenvalue weighted by Gasteiger charge is 2.16. The number of hydrogen-bond donors (Lipinski definition) is 3. The van der Waals surface area contributed by atoms with Gasteiger partial charge in [0.1, 0.15) is 11.4 Å². The number of ether oxygens (including phenoxy) is 2. The van der Waals surface area contributed by atoms with E-state index in [1.165, 1.54) is 12.3 Å². The third kappa shape index (κ3) is 5.74. The number of rotatable bonds is 4. The second-order valence-electron chi connectivity index (χ2n) is 5.95. The van der Waals surface area contributed by atoms with Crippen molar-refractivity contribution in [1.29, 1.82) is 0 Å². The van der Waals surface area contributed by atoms with Gasteiger partial charge in [-0.3, -0.25) is 15.5 Å². The van der Waals surface area contributed by atoms with Gasteiger partial charge in [0.15, 0.2) is 0 Å². The molecule has 0 aliphatic heterocycles. The number of benzene rings is 1. The van der Waals surface area contributed by atoms with Gasteiger partial charge in [-0.1, -0.05) is 6.07 Å². The van der Waals surface area contributed by atoms with Gasteiger partial charge in [-0.2, -0.15) is 4.98 Å². The molecule has 2 aromatic rings. The smallest absolute Gasteiger partial charge is 0.412 e. The van der Waals surface area contributed by atoms with Crippen LogP contribution in [0, 0.1) is 0 Å². The molecular weight excluding hydrogens is 326 g/mol. The number of nitrogen functional groups attached to an aromatic ring is 1. The van der Waals surface area contributed by atoms with Crippen molar-refractivity contribution in [3.63, 3.8) is 0 Å². The van der Waals surface area contributed by atoms with Crippen LogP contribution in [0.15, 0.2) is 36.5 Å². The third-order valence-corrected chi connectivity index (χ3v) is 2.67. The van der Waals surface area contributed by atoms with Crippen molar-refractivity contribution in [2.75, 3.05) is 5.32 Å². The lowest BCUT2D eigenvalue weighted by molar-refractivity contribution is 0.0635. The summed E-state index contributed by atoms with van der Waals surface area (Å²) < 4.78 is 10.8. The zero-order valence-corrected chi connectivity index (χ0v) is 14.1. The lowest BCUT2D eigenvalue weighted by atomic mass is 10.2. The number of carbonyl (C=O) groups is 2. The molecule has 0 aliphatic rings. The van der Waals surface area contributed by atoms with Crippen molar-refractivity contribution in [2.24, 2.45) is 5.84 Å². The van der Waals surface area contributed by atoms with Gasteiger partial charge in [-0.05, 0) is 32.9 Å². The normalized spacial score (nSPS) is 10.7. The average molecular weight is 345 g/mol. The van der Waals surface area contributed by atoms with Crippen LogP contribution in [-0.2, 0) is 4.74 Å². The van der Waals surface area contributed by atoms with Crippen molar-refractivity contribution in [3.8, 4) is 11.6 Å². The topological polar surface area (TPSA) is 128 Å². The maximum absolute atomic E-state index is 11.8. The molecule has 0 spiro atoms. The summed E-state index contributed by atoms with van der Waals surface area (Å²) >= 11 is 0. The van der Waals surface area contributed by atoms with E-state index in [-0.39, 0.29) is 11.7 Å². The van der Waals surface area contributed by atoms with Gasteiger partial charge in [0, 0.05) is 24.0 Å². The number of hydrazine groups is 1. The number of carbonyl (C=O) groups excluding carboxylic acids is 2. The van der Waals surface area contributed by atoms with Crippen LogP contribution in [0.3, 0.4) is 0 Å². The van der Waals surface area contributed by atoms with Crippen LogP contribution in [0.5, 0.6) is 11.6 Å². The molecule has 0 aliphatic carbocycles. The molecule has 0 fully saturated rings.